The predicted molar refractivity (Wildman–Crippen MR) is 72.4 cm³/mol. The number of hydrogen-bond donors (Lipinski definition) is 1. The van der Waals surface area contributed by atoms with Crippen molar-refractivity contribution in [1.82, 2.24) is 4.98 Å². The van der Waals surface area contributed by atoms with E-state index in [-0.39, 0.29) is 6.10 Å². The van der Waals surface area contributed by atoms with Crippen LogP contribution in [0.2, 0.25) is 0 Å². The van der Waals surface area contributed by atoms with E-state index in [4.69, 9.17) is 4.74 Å². The second-order valence-electron chi connectivity index (χ2n) is 4.42. The normalized spacial score (nSPS) is 14.6. The maximum absolute atomic E-state index is 10.5. The molecule has 0 saturated heterocycles. The van der Waals surface area contributed by atoms with Crippen LogP contribution in [0.3, 0.4) is 0 Å². The molecule has 3 nitrogen and oxygen atoms in total. The number of hydrogen-bond acceptors (Lipinski definition) is 3. The van der Waals surface area contributed by atoms with Crippen molar-refractivity contribution in [3.05, 3.63) is 42.1 Å². The first kappa shape index (κ1) is 13.0. The molecule has 3 heteroatoms. The summed E-state index contributed by atoms with van der Waals surface area (Å²) in [7, 11) is 1.65. The fraction of sp³-hybridized carbons (Fsp3) is 0.400. The fourth-order valence-electron chi connectivity index (χ4n) is 2.27. The van der Waals surface area contributed by atoms with Crippen molar-refractivity contribution in [1.29, 1.82) is 0 Å². The first-order chi connectivity index (χ1) is 8.77. The van der Waals surface area contributed by atoms with Crippen molar-refractivity contribution in [3.8, 4) is 0 Å². The zero-order valence-corrected chi connectivity index (χ0v) is 10.8. The summed E-state index contributed by atoms with van der Waals surface area (Å²) in [6.07, 6.45) is 2.81. The molecule has 2 unspecified atom stereocenters. The molecule has 0 fully saturated rings. The van der Waals surface area contributed by atoms with Crippen LogP contribution in [-0.4, -0.2) is 23.3 Å². The second-order valence-corrected chi connectivity index (χ2v) is 4.42. The molecule has 0 amide bonds. The third-order valence-corrected chi connectivity index (χ3v) is 3.23. The molecule has 1 N–H and O–H groups in total. The van der Waals surface area contributed by atoms with Crippen molar-refractivity contribution >= 4 is 10.9 Å². The van der Waals surface area contributed by atoms with Gasteiger partial charge in [0, 0.05) is 18.7 Å². The molecule has 18 heavy (non-hydrogen) atoms. The molecule has 1 aromatic heterocycles. The van der Waals surface area contributed by atoms with Crippen molar-refractivity contribution < 1.29 is 9.84 Å². The minimum Gasteiger partial charge on any atom is -0.386 e. The molecule has 2 rings (SSSR count). The van der Waals surface area contributed by atoms with Crippen LogP contribution in [0, 0.1) is 0 Å². The molecule has 0 aliphatic rings. The molecule has 0 spiro atoms. The summed E-state index contributed by atoms with van der Waals surface area (Å²) in [5.41, 5.74) is 1.79. The molecule has 0 bridgehead atoms. The Morgan fingerprint density at radius 3 is 2.83 bits per heavy atom. The third kappa shape index (κ3) is 2.52. The predicted octanol–water partition coefficient (Wildman–Crippen LogP) is 3.08. The van der Waals surface area contributed by atoms with E-state index < -0.39 is 6.10 Å². The van der Waals surface area contributed by atoms with Gasteiger partial charge < -0.3 is 9.84 Å². The molecule has 2 aromatic rings. The number of pyridine rings is 1. The van der Waals surface area contributed by atoms with Gasteiger partial charge in [0.25, 0.3) is 0 Å². The minimum atomic E-state index is -0.608. The lowest BCUT2D eigenvalue weighted by Crippen LogP contribution is -2.20. The molecule has 0 radical (unpaired) electrons. The number of nitrogens with zero attached hydrogens (tertiary/aromatic N) is 1. The van der Waals surface area contributed by atoms with Crippen molar-refractivity contribution in [3.63, 3.8) is 0 Å². The van der Waals surface area contributed by atoms with Gasteiger partial charge in [-0.2, -0.15) is 0 Å². The van der Waals surface area contributed by atoms with E-state index in [9.17, 15) is 5.11 Å². The van der Waals surface area contributed by atoms with Gasteiger partial charge in [-0.1, -0.05) is 31.5 Å². The van der Waals surface area contributed by atoms with Gasteiger partial charge >= 0.3 is 0 Å². The SMILES string of the molecule is CCCC(OC)C(O)c1cccc2ncccc12. The van der Waals surface area contributed by atoms with Crippen LogP contribution >= 0.6 is 0 Å². The van der Waals surface area contributed by atoms with Crippen LogP contribution in [0.1, 0.15) is 31.4 Å². The average Bonchev–Trinajstić information content (AvgIpc) is 2.43. The topological polar surface area (TPSA) is 42.4 Å². The van der Waals surface area contributed by atoms with Gasteiger partial charge in [-0.3, -0.25) is 4.98 Å². The molecular formula is C15H19NO2. The molecule has 0 aliphatic heterocycles. The average molecular weight is 245 g/mol. The number of methoxy groups -OCH3 is 1. The summed E-state index contributed by atoms with van der Waals surface area (Å²) in [5, 5.41) is 11.4. The van der Waals surface area contributed by atoms with E-state index in [2.05, 4.69) is 11.9 Å². The largest absolute Gasteiger partial charge is 0.386 e. The third-order valence-electron chi connectivity index (χ3n) is 3.23. The zero-order chi connectivity index (χ0) is 13.0. The Kier molecular flexibility index (Phi) is 4.28. The Morgan fingerprint density at radius 2 is 2.11 bits per heavy atom. The molecule has 96 valence electrons. The van der Waals surface area contributed by atoms with Crippen LogP contribution in [0.25, 0.3) is 10.9 Å². The summed E-state index contributed by atoms with van der Waals surface area (Å²) in [4.78, 5) is 4.30. The summed E-state index contributed by atoms with van der Waals surface area (Å²) in [6.45, 7) is 2.09. The zero-order valence-electron chi connectivity index (χ0n) is 10.8. The first-order valence-corrected chi connectivity index (χ1v) is 6.32. The highest BCUT2D eigenvalue weighted by Gasteiger charge is 2.21. The lowest BCUT2D eigenvalue weighted by atomic mass is 9.97. The van der Waals surface area contributed by atoms with Gasteiger partial charge in [0.15, 0.2) is 0 Å². The van der Waals surface area contributed by atoms with Crippen molar-refractivity contribution in [2.75, 3.05) is 7.11 Å². The van der Waals surface area contributed by atoms with Gasteiger partial charge in [0.1, 0.15) is 6.10 Å². The van der Waals surface area contributed by atoms with Gasteiger partial charge in [0.2, 0.25) is 0 Å². The lowest BCUT2D eigenvalue weighted by Gasteiger charge is -2.22. The van der Waals surface area contributed by atoms with Crippen LogP contribution in [0.5, 0.6) is 0 Å². The Bertz CT molecular complexity index is 507. The van der Waals surface area contributed by atoms with E-state index in [0.29, 0.717) is 0 Å². The Morgan fingerprint density at radius 1 is 1.28 bits per heavy atom. The molecule has 0 aliphatic carbocycles. The number of rotatable bonds is 5. The van der Waals surface area contributed by atoms with Crippen LogP contribution in [0.4, 0.5) is 0 Å². The first-order valence-electron chi connectivity index (χ1n) is 6.32. The maximum Gasteiger partial charge on any atom is 0.106 e. The summed E-state index contributed by atoms with van der Waals surface area (Å²) in [5.74, 6) is 0. The van der Waals surface area contributed by atoms with Crippen LogP contribution in [0.15, 0.2) is 36.5 Å². The minimum absolute atomic E-state index is 0.166. The Labute approximate surface area is 107 Å². The van der Waals surface area contributed by atoms with Crippen molar-refractivity contribution in [2.24, 2.45) is 0 Å². The monoisotopic (exact) mass is 245 g/mol. The molecule has 1 heterocycles. The molecule has 2 atom stereocenters. The fourth-order valence-corrected chi connectivity index (χ4v) is 2.27. The highest BCUT2D eigenvalue weighted by Crippen LogP contribution is 2.28. The highest BCUT2D eigenvalue weighted by molar-refractivity contribution is 5.82. The maximum atomic E-state index is 10.5. The van der Waals surface area contributed by atoms with E-state index in [1.165, 1.54) is 0 Å². The number of fused-ring (bicyclic) bond motifs is 1. The van der Waals surface area contributed by atoms with E-state index in [1.807, 2.05) is 30.3 Å². The summed E-state index contributed by atoms with van der Waals surface area (Å²) in [6, 6.07) is 9.69. The Balaban J connectivity index is 2.40. The van der Waals surface area contributed by atoms with Gasteiger partial charge in [0.05, 0.1) is 11.6 Å². The van der Waals surface area contributed by atoms with Gasteiger partial charge in [-0.25, -0.2) is 0 Å². The number of benzene rings is 1. The van der Waals surface area contributed by atoms with E-state index in [0.717, 1.165) is 29.3 Å². The highest BCUT2D eigenvalue weighted by atomic mass is 16.5. The number of aliphatic hydroxyl groups excluding tert-OH is 1. The molecular weight excluding hydrogens is 226 g/mol. The summed E-state index contributed by atoms with van der Waals surface area (Å²) < 4.78 is 5.39. The van der Waals surface area contributed by atoms with Gasteiger partial charge in [-0.15, -0.1) is 0 Å². The van der Waals surface area contributed by atoms with Crippen LogP contribution < -0.4 is 0 Å². The van der Waals surface area contributed by atoms with E-state index >= 15 is 0 Å². The molecule has 0 saturated carbocycles. The summed E-state index contributed by atoms with van der Waals surface area (Å²) >= 11 is 0. The number of aromatic nitrogens is 1. The van der Waals surface area contributed by atoms with Crippen molar-refractivity contribution in [2.45, 2.75) is 32.0 Å². The molecule has 1 aromatic carbocycles. The smallest absolute Gasteiger partial charge is 0.106 e. The van der Waals surface area contributed by atoms with Gasteiger partial charge in [-0.05, 0) is 24.1 Å². The van der Waals surface area contributed by atoms with E-state index in [1.54, 1.807) is 13.3 Å². The standard InChI is InChI=1S/C15H19NO2/c1-3-6-14(18-2)15(17)12-7-4-9-13-11(12)8-5-10-16-13/h4-5,7-10,14-15,17H,3,6H2,1-2H3. The lowest BCUT2D eigenvalue weighted by molar-refractivity contribution is -0.0172. The number of ether oxygens (including phenoxy) is 1. The van der Waals surface area contributed by atoms with Crippen LogP contribution in [-0.2, 0) is 4.74 Å². The second kappa shape index (κ2) is 5.94. The Hall–Kier alpha value is -1.45. The quantitative estimate of drug-likeness (QED) is 0.880. The number of aliphatic hydroxyl groups is 1.